The molecule has 0 radical (unpaired) electrons. The number of fused-ring (bicyclic) bond motifs is 2. The molecule has 2 aliphatic rings. The molecule has 0 heterocycles. The van der Waals surface area contributed by atoms with Crippen molar-refractivity contribution in [2.45, 2.75) is 19.8 Å². The Balaban J connectivity index is 2.02. The highest BCUT2D eigenvalue weighted by atomic mass is 32.2. The largest absolute Gasteiger partial charge is 0.270 e. The van der Waals surface area contributed by atoms with E-state index < -0.39 is 10.1 Å². The molecule has 0 aromatic carbocycles. The predicted octanol–water partition coefficient (Wildman–Crippen LogP) is 1.56. The summed E-state index contributed by atoms with van der Waals surface area (Å²) in [5.74, 6) is 1.16. The van der Waals surface area contributed by atoms with Crippen LogP contribution in [0, 0.1) is 17.3 Å². The molecule has 0 aromatic heterocycles. The lowest BCUT2D eigenvalue weighted by molar-refractivity contribution is 0.140. The van der Waals surface area contributed by atoms with Crippen LogP contribution < -0.4 is 0 Å². The Morgan fingerprint density at radius 2 is 2.21 bits per heavy atom. The van der Waals surface area contributed by atoms with Gasteiger partial charge in [0.05, 0.1) is 12.9 Å². The zero-order valence-electron chi connectivity index (χ0n) is 8.56. The van der Waals surface area contributed by atoms with Crippen molar-refractivity contribution in [2.24, 2.45) is 17.3 Å². The molecule has 1 saturated carbocycles. The van der Waals surface area contributed by atoms with Gasteiger partial charge in [-0.05, 0) is 30.1 Å². The van der Waals surface area contributed by atoms with Gasteiger partial charge in [0.2, 0.25) is 0 Å². The van der Waals surface area contributed by atoms with Gasteiger partial charge in [0, 0.05) is 0 Å². The van der Waals surface area contributed by atoms with E-state index in [2.05, 4.69) is 19.1 Å². The molecule has 14 heavy (non-hydrogen) atoms. The van der Waals surface area contributed by atoms with Gasteiger partial charge in [-0.1, -0.05) is 19.1 Å². The highest BCUT2D eigenvalue weighted by molar-refractivity contribution is 7.85. The molecule has 1 fully saturated rings. The van der Waals surface area contributed by atoms with Gasteiger partial charge < -0.3 is 0 Å². The van der Waals surface area contributed by atoms with Crippen LogP contribution in [-0.2, 0) is 14.3 Å². The summed E-state index contributed by atoms with van der Waals surface area (Å²) >= 11 is 0. The summed E-state index contributed by atoms with van der Waals surface area (Å²) in [4.78, 5) is 0. The Morgan fingerprint density at radius 3 is 2.64 bits per heavy atom. The van der Waals surface area contributed by atoms with Crippen LogP contribution in [0.25, 0.3) is 0 Å². The normalized spacial score (nSPS) is 40.7. The maximum atomic E-state index is 10.9. The summed E-state index contributed by atoms with van der Waals surface area (Å²) in [5, 5.41) is 0. The zero-order valence-corrected chi connectivity index (χ0v) is 9.38. The van der Waals surface area contributed by atoms with E-state index in [4.69, 9.17) is 4.18 Å². The minimum atomic E-state index is -3.29. The van der Waals surface area contributed by atoms with Gasteiger partial charge in [-0.2, -0.15) is 8.42 Å². The maximum absolute atomic E-state index is 10.9. The van der Waals surface area contributed by atoms with E-state index in [0.29, 0.717) is 18.4 Å². The molecular formula is C10H16O3S. The van der Waals surface area contributed by atoms with Crippen molar-refractivity contribution in [2.75, 3.05) is 12.9 Å². The minimum absolute atomic E-state index is 0.0303. The second kappa shape index (κ2) is 3.07. The van der Waals surface area contributed by atoms with E-state index in [0.717, 1.165) is 12.7 Å². The molecule has 0 saturated heterocycles. The Hall–Kier alpha value is -0.350. The molecular weight excluding hydrogens is 200 g/mol. The molecule has 2 aliphatic carbocycles. The average Bonchev–Trinajstić information content (AvgIpc) is 2.59. The van der Waals surface area contributed by atoms with Gasteiger partial charge in [0.25, 0.3) is 10.1 Å². The highest BCUT2D eigenvalue weighted by Crippen LogP contribution is 2.51. The molecule has 0 aromatic rings. The second-order valence-electron chi connectivity index (χ2n) is 4.81. The van der Waals surface area contributed by atoms with Crippen molar-refractivity contribution >= 4 is 10.1 Å². The van der Waals surface area contributed by atoms with Crippen molar-refractivity contribution in [1.29, 1.82) is 0 Å². The lowest BCUT2D eigenvalue weighted by Gasteiger charge is -2.30. The smallest absolute Gasteiger partial charge is 0.264 e. The minimum Gasteiger partial charge on any atom is -0.270 e. The molecule has 0 aliphatic heterocycles. The Morgan fingerprint density at radius 1 is 1.50 bits per heavy atom. The summed E-state index contributed by atoms with van der Waals surface area (Å²) in [5.41, 5.74) is 0.0303. The summed E-state index contributed by atoms with van der Waals surface area (Å²) in [6.07, 6.45) is 7.79. The lowest BCUT2D eigenvalue weighted by Crippen LogP contribution is -2.29. The first-order valence-electron chi connectivity index (χ1n) is 4.92. The molecule has 2 unspecified atom stereocenters. The first kappa shape index (κ1) is 10.2. The van der Waals surface area contributed by atoms with Crippen molar-refractivity contribution in [3.8, 4) is 0 Å². The summed E-state index contributed by atoms with van der Waals surface area (Å²) in [7, 11) is -3.29. The van der Waals surface area contributed by atoms with Gasteiger partial charge in [-0.25, -0.2) is 0 Å². The van der Waals surface area contributed by atoms with Crippen LogP contribution in [-0.4, -0.2) is 21.3 Å². The maximum Gasteiger partial charge on any atom is 0.264 e. The number of allylic oxidation sites excluding steroid dienone is 2. The molecule has 80 valence electrons. The van der Waals surface area contributed by atoms with Gasteiger partial charge in [-0.15, -0.1) is 0 Å². The molecule has 3 atom stereocenters. The second-order valence-corrected chi connectivity index (χ2v) is 6.46. The van der Waals surface area contributed by atoms with E-state index in [-0.39, 0.29) is 5.41 Å². The first-order chi connectivity index (χ1) is 6.39. The SMILES string of the molecule is C[C@@]1(COS(C)(=O)=O)CC2C=CC1C2. The monoisotopic (exact) mass is 216 g/mol. The fourth-order valence-electron chi connectivity index (χ4n) is 2.60. The van der Waals surface area contributed by atoms with Crippen LogP contribution in [0.5, 0.6) is 0 Å². The third-order valence-corrected chi connectivity index (χ3v) is 3.94. The molecule has 4 heteroatoms. The Labute approximate surface area is 85.3 Å². The molecule has 0 N–H and O–H groups in total. The first-order valence-corrected chi connectivity index (χ1v) is 6.73. The molecule has 3 nitrogen and oxygen atoms in total. The van der Waals surface area contributed by atoms with E-state index >= 15 is 0 Å². The fourth-order valence-corrected chi connectivity index (χ4v) is 3.08. The third kappa shape index (κ3) is 1.86. The standard InChI is InChI=1S/C10H16O3S/c1-10(7-13-14(2,11)12)6-8-3-4-9(10)5-8/h3-4,8-9H,5-7H2,1-2H3/t8?,9?,10-/m0/s1. The van der Waals surface area contributed by atoms with Crippen molar-refractivity contribution < 1.29 is 12.6 Å². The van der Waals surface area contributed by atoms with E-state index in [1.807, 2.05) is 0 Å². The van der Waals surface area contributed by atoms with Crippen molar-refractivity contribution in [3.63, 3.8) is 0 Å². The summed E-state index contributed by atoms with van der Waals surface area (Å²) in [6.45, 7) is 2.45. The highest BCUT2D eigenvalue weighted by Gasteiger charge is 2.45. The number of rotatable bonds is 3. The van der Waals surface area contributed by atoms with Gasteiger partial charge in [0.15, 0.2) is 0 Å². The van der Waals surface area contributed by atoms with Crippen LogP contribution in [0.1, 0.15) is 19.8 Å². The van der Waals surface area contributed by atoms with E-state index in [9.17, 15) is 8.42 Å². The number of hydrogen-bond acceptors (Lipinski definition) is 3. The lowest BCUT2D eigenvalue weighted by atomic mass is 9.78. The fraction of sp³-hybridized carbons (Fsp3) is 0.800. The van der Waals surface area contributed by atoms with Crippen molar-refractivity contribution in [3.05, 3.63) is 12.2 Å². The molecule has 0 amide bonds. The molecule has 2 rings (SSSR count). The van der Waals surface area contributed by atoms with Gasteiger partial charge >= 0.3 is 0 Å². The van der Waals surface area contributed by atoms with E-state index in [1.165, 1.54) is 6.42 Å². The Bertz CT molecular complexity index is 358. The predicted molar refractivity (Wildman–Crippen MR) is 54.3 cm³/mol. The number of hydrogen-bond donors (Lipinski definition) is 0. The van der Waals surface area contributed by atoms with Crippen molar-refractivity contribution in [1.82, 2.24) is 0 Å². The summed E-state index contributed by atoms with van der Waals surface area (Å²) in [6, 6.07) is 0. The van der Waals surface area contributed by atoms with Gasteiger partial charge in [0.1, 0.15) is 0 Å². The van der Waals surface area contributed by atoms with E-state index in [1.54, 1.807) is 0 Å². The quantitative estimate of drug-likeness (QED) is 0.531. The topological polar surface area (TPSA) is 43.4 Å². The van der Waals surface area contributed by atoms with Crippen LogP contribution in [0.15, 0.2) is 12.2 Å². The molecule has 0 spiro atoms. The zero-order chi connectivity index (χ0) is 10.4. The van der Waals surface area contributed by atoms with Gasteiger partial charge in [-0.3, -0.25) is 4.18 Å². The average molecular weight is 216 g/mol. The van der Waals surface area contributed by atoms with Crippen LogP contribution in [0.3, 0.4) is 0 Å². The van der Waals surface area contributed by atoms with Crippen LogP contribution >= 0.6 is 0 Å². The Kier molecular flexibility index (Phi) is 2.23. The van der Waals surface area contributed by atoms with Crippen LogP contribution in [0.4, 0.5) is 0 Å². The summed E-state index contributed by atoms with van der Waals surface area (Å²) < 4.78 is 26.7. The molecule has 2 bridgehead atoms. The third-order valence-electron chi connectivity index (χ3n) is 3.40. The van der Waals surface area contributed by atoms with Crippen LogP contribution in [0.2, 0.25) is 0 Å².